The normalized spacial score (nSPS) is 17.3. The van der Waals surface area contributed by atoms with E-state index < -0.39 is 5.97 Å². The third-order valence-electron chi connectivity index (χ3n) is 6.06. The third-order valence-corrected chi connectivity index (χ3v) is 6.38. The molecular formula is C28H26N4O3S. The van der Waals surface area contributed by atoms with E-state index in [-0.39, 0.29) is 23.8 Å². The van der Waals surface area contributed by atoms with E-state index in [1.165, 1.54) is 0 Å². The molecule has 2 atom stereocenters. The van der Waals surface area contributed by atoms with Gasteiger partial charge in [0.2, 0.25) is 0 Å². The Balaban J connectivity index is 1.59. The number of aromatic nitrogens is 2. The van der Waals surface area contributed by atoms with Crippen molar-refractivity contribution in [2.75, 3.05) is 4.90 Å². The maximum Gasteiger partial charge on any atom is 0.335 e. The van der Waals surface area contributed by atoms with Gasteiger partial charge in [-0.2, -0.15) is 0 Å². The van der Waals surface area contributed by atoms with E-state index in [4.69, 9.17) is 17.0 Å². The monoisotopic (exact) mass is 498 g/mol. The minimum Gasteiger partial charge on any atom is -0.491 e. The lowest BCUT2D eigenvalue weighted by Crippen LogP contribution is -2.30. The van der Waals surface area contributed by atoms with E-state index in [1.807, 2.05) is 80.7 Å². The Labute approximate surface area is 215 Å². The molecule has 5 rings (SSSR count). The number of hydrogen-bond acceptors (Lipinski definition) is 4. The van der Waals surface area contributed by atoms with Gasteiger partial charge in [-0.15, -0.1) is 0 Å². The number of thiocarbonyl (C=S) groups is 1. The maximum atomic E-state index is 11.3. The van der Waals surface area contributed by atoms with Gasteiger partial charge in [-0.3, -0.25) is 4.98 Å². The molecule has 2 aromatic heterocycles. The summed E-state index contributed by atoms with van der Waals surface area (Å²) in [7, 11) is 0. The standard InChI is InChI=1S/C28H26N4O3S/c1-18(2)35-22-14-12-21(13-15-22)32-26(25(30-28(32)36)23-6-3-4-16-29-23)24-7-5-17-31(24)20-10-8-19(9-11-20)27(33)34/h3-18,25-26H,1-2H3,(H,30,36)(H,33,34)/t25-,26-/m1/s1. The quantitative estimate of drug-likeness (QED) is 0.324. The summed E-state index contributed by atoms with van der Waals surface area (Å²) in [6, 6.07) is 24.2. The molecule has 2 aromatic carbocycles. The highest BCUT2D eigenvalue weighted by molar-refractivity contribution is 7.80. The molecule has 0 amide bonds. The van der Waals surface area contributed by atoms with Gasteiger partial charge < -0.3 is 24.6 Å². The number of aromatic carboxylic acids is 1. The summed E-state index contributed by atoms with van der Waals surface area (Å²) in [6.45, 7) is 4.00. The number of nitrogens with zero attached hydrogens (tertiary/aromatic N) is 3. The van der Waals surface area contributed by atoms with Crippen LogP contribution >= 0.6 is 12.2 Å². The van der Waals surface area contributed by atoms with Crippen LogP contribution in [0.25, 0.3) is 5.69 Å². The fourth-order valence-electron chi connectivity index (χ4n) is 4.53. The Hall–Kier alpha value is -4.17. The molecule has 8 heteroatoms. The van der Waals surface area contributed by atoms with Gasteiger partial charge in [-0.1, -0.05) is 6.07 Å². The average molecular weight is 499 g/mol. The van der Waals surface area contributed by atoms with Crippen molar-refractivity contribution >= 4 is 29.0 Å². The van der Waals surface area contributed by atoms with Crippen LogP contribution in [0.2, 0.25) is 0 Å². The number of hydrogen-bond donors (Lipinski definition) is 2. The Morgan fingerprint density at radius 3 is 2.36 bits per heavy atom. The lowest BCUT2D eigenvalue weighted by molar-refractivity contribution is 0.0697. The Bertz CT molecular complexity index is 1370. The van der Waals surface area contributed by atoms with E-state index in [0.29, 0.717) is 5.11 Å². The number of ether oxygens (including phenoxy) is 1. The molecule has 4 aromatic rings. The van der Waals surface area contributed by atoms with Crippen LogP contribution in [0, 0.1) is 0 Å². The molecule has 0 radical (unpaired) electrons. The first kappa shape index (κ1) is 23.6. The molecule has 182 valence electrons. The maximum absolute atomic E-state index is 11.3. The number of carboxylic acid groups (broad SMARTS) is 1. The molecule has 0 spiro atoms. The van der Waals surface area contributed by atoms with Gasteiger partial charge in [-0.25, -0.2) is 4.79 Å². The number of benzene rings is 2. The SMILES string of the molecule is CC(C)Oc1ccc(N2C(=S)N[C@H](c3ccccn3)[C@H]2c2cccn2-c2ccc(C(=O)O)cc2)cc1. The summed E-state index contributed by atoms with van der Waals surface area (Å²) >= 11 is 5.84. The number of carbonyl (C=O) groups is 1. The summed E-state index contributed by atoms with van der Waals surface area (Å²) < 4.78 is 7.89. The molecule has 36 heavy (non-hydrogen) atoms. The Morgan fingerprint density at radius 1 is 1.00 bits per heavy atom. The topological polar surface area (TPSA) is 79.6 Å². The molecule has 0 unspecified atom stereocenters. The van der Waals surface area contributed by atoms with Crippen molar-refractivity contribution in [1.29, 1.82) is 0 Å². The van der Waals surface area contributed by atoms with Crippen molar-refractivity contribution in [1.82, 2.24) is 14.9 Å². The number of pyridine rings is 1. The molecule has 2 N–H and O–H groups in total. The van der Waals surface area contributed by atoms with Crippen LogP contribution in [0.3, 0.4) is 0 Å². The summed E-state index contributed by atoms with van der Waals surface area (Å²) in [4.78, 5) is 18.1. The zero-order chi connectivity index (χ0) is 25.2. The second-order valence-electron chi connectivity index (χ2n) is 8.81. The van der Waals surface area contributed by atoms with E-state index in [1.54, 1.807) is 18.3 Å². The fourth-order valence-corrected chi connectivity index (χ4v) is 4.87. The molecule has 3 heterocycles. The van der Waals surface area contributed by atoms with Gasteiger partial charge in [0.1, 0.15) is 11.8 Å². The van der Waals surface area contributed by atoms with Crippen LogP contribution in [0.15, 0.2) is 91.3 Å². The van der Waals surface area contributed by atoms with Gasteiger partial charge in [0.25, 0.3) is 0 Å². The van der Waals surface area contributed by atoms with Crippen LogP contribution in [0.4, 0.5) is 5.69 Å². The number of anilines is 1. The second-order valence-corrected chi connectivity index (χ2v) is 9.20. The predicted molar refractivity (Wildman–Crippen MR) is 143 cm³/mol. The van der Waals surface area contributed by atoms with Crippen LogP contribution in [0.1, 0.15) is 47.7 Å². The number of rotatable bonds is 7. The van der Waals surface area contributed by atoms with Crippen LogP contribution < -0.4 is 15.0 Å². The molecule has 7 nitrogen and oxygen atoms in total. The smallest absolute Gasteiger partial charge is 0.335 e. The zero-order valence-corrected chi connectivity index (χ0v) is 20.7. The van der Waals surface area contributed by atoms with E-state index in [9.17, 15) is 9.90 Å². The fraction of sp³-hybridized carbons (Fsp3) is 0.179. The van der Waals surface area contributed by atoms with Crippen molar-refractivity contribution in [2.24, 2.45) is 0 Å². The van der Waals surface area contributed by atoms with Crippen molar-refractivity contribution in [3.8, 4) is 11.4 Å². The molecule has 1 saturated heterocycles. The molecule has 0 aliphatic carbocycles. The zero-order valence-electron chi connectivity index (χ0n) is 19.9. The first-order valence-corrected chi connectivity index (χ1v) is 12.1. The lowest BCUT2D eigenvalue weighted by Gasteiger charge is -2.29. The highest BCUT2D eigenvalue weighted by Gasteiger charge is 2.42. The molecular weight excluding hydrogens is 472 g/mol. The minimum atomic E-state index is -0.953. The van der Waals surface area contributed by atoms with Gasteiger partial charge >= 0.3 is 5.97 Å². The van der Waals surface area contributed by atoms with Crippen molar-refractivity contribution < 1.29 is 14.6 Å². The molecule has 1 aliphatic heterocycles. The van der Waals surface area contributed by atoms with Crippen molar-refractivity contribution in [3.05, 3.63) is 108 Å². The van der Waals surface area contributed by atoms with Gasteiger partial charge in [0.05, 0.1) is 23.4 Å². The van der Waals surface area contributed by atoms with E-state index >= 15 is 0 Å². The Kier molecular flexibility index (Phi) is 6.43. The van der Waals surface area contributed by atoms with E-state index in [0.717, 1.165) is 28.5 Å². The summed E-state index contributed by atoms with van der Waals surface area (Å²) in [5.74, 6) is -0.155. The Morgan fingerprint density at radius 2 is 1.72 bits per heavy atom. The summed E-state index contributed by atoms with van der Waals surface area (Å²) in [5.41, 5.74) is 3.90. The van der Waals surface area contributed by atoms with Crippen LogP contribution in [-0.4, -0.2) is 31.8 Å². The van der Waals surface area contributed by atoms with Crippen molar-refractivity contribution in [3.63, 3.8) is 0 Å². The predicted octanol–water partition coefficient (Wildman–Crippen LogP) is 5.53. The third kappa shape index (κ3) is 4.55. The molecule has 0 saturated carbocycles. The first-order valence-electron chi connectivity index (χ1n) is 11.7. The largest absolute Gasteiger partial charge is 0.491 e. The van der Waals surface area contributed by atoms with Gasteiger partial charge in [-0.05, 0) is 98.9 Å². The molecule has 0 bridgehead atoms. The number of carboxylic acids is 1. The molecule has 1 fully saturated rings. The van der Waals surface area contributed by atoms with Crippen molar-refractivity contribution in [2.45, 2.75) is 32.0 Å². The van der Waals surface area contributed by atoms with Crippen LogP contribution in [0.5, 0.6) is 5.75 Å². The summed E-state index contributed by atoms with van der Waals surface area (Å²) in [5, 5.41) is 13.4. The highest BCUT2D eigenvalue weighted by atomic mass is 32.1. The van der Waals surface area contributed by atoms with Crippen LogP contribution in [-0.2, 0) is 0 Å². The lowest BCUT2D eigenvalue weighted by atomic mass is 10.0. The van der Waals surface area contributed by atoms with Gasteiger partial charge in [0, 0.05) is 29.5 Å². The average Bonchev–Trinajstić information content (AvgIpc) is 3.49. The second kappa shape index (κ2) is 9.83. The van der Waals surface area contributed by atoms with Gasteiger partial charge in [0.15, 0.2) is 5.11 Å². The molecule has 1 aliphatic rings. The minimum absolute atomic E-state index is 0.0856. The summed E-state index contributed by atoms with van der Waals surface area (Å²) in [6.07, 6.45) is 3.84. The number of nitrogens with one attached hydrogen (secondary N) is 1. The highest BCUT2D eigenvalue weighted by Crippen LogP contribution is 2.42. The first-order chi connectivity index (χ1) is 17.4. The van der Waals surface area contributed by atoms with E-state index in [2.05, 4.69) is 25.8 Å².